The molecular weight excluding hydrogens is 342 g/mol. The molecule has 5 heteroatoms. The van der Waals surface area contributed by atoms with Gasteiger partial charge < -0.3 is 14.6 Å². The Labute approximate surface area is 160 Å². The number of rotatable bonds is 4. The van der Waals surface area contributed by atoms with Crippen LogP contribution in [0.2, 0.25) is 0 Å². The van der Waals surface area contributed by atoms with E-state index in [9.17, 15) is 9.90 Å². The fourth-order valence-electron chi connectivity index (χ4n) is 6.95. The number of Topliss-reactive ketones (excluding diaryl/α,β-unsaturated/α-hetero) is 1. The van der Waals surface area contributed by atoms with Crippen molar-refractivity contribution in [3.8, 4) is 0 Å². The molecule has 0 radical (unpaired) electrons. The van der Waals surface area contributed by atoms with Gasteiger partial charge in [0, 0.05) is 12.5 Å². The van der Waals surface area contributed by atoms with Crippen LogP contribution in [-0.2, 0) is 20.8 Å². The van der Waals surface area contributed by atoms with E-state index >= 15 is 0 Å². The van der Waals surface area contributed by atoms with Gasteiger partial charge in [0.25, 0.3) is 0 Å². The third-order valence-electron chi connectivity index (χ3n) is 7.68. The second kappa shape index (κ2) is 5.82. The van der Waals surface area contributed by atoms with Crippen LogP contribution in [0.1, 0.15) is 31.2 Å². The average Bonchev–Trinajstić information content (AvgIpc) is 3.38. The van der Waals surface area contributed by atoms with Gasteiger partial charge in [0.1, 0.15) is 5.54 Å². The first-order valence-corrected chi connectivity index (χ1v) is 9.99. The summed E-state index contributed by atoms with van der Waals surface area (Å²) in [5.41, 5.74) is -1.08. The minimum absolute atomic E-state index is 0.0626. The number of hydrogen-bond donors (Lipinski definition) is 1. The summed E-state index contributed by atoms with van der Waals surface area (Å²) < 4.78 is 11.2. The smallest absolute Gasteiger partial charge is 0.224 e. The summed E-state index contributed by atoms with van der Waals surface area (Å²) in [5, 5.41) is 12.2. The van der Waals surface area contributed by atoms with Crippen LogP contribution in [-0.4, -0.2) is 47.7 Å². The quantitative estimate of drug-likeness (QED) is 0.884. The van der Waals surface area contributed by atoms with Crippen LogP contribution in [0.5, 0.6) is 0 Å². The molecule has 0 aromatic heterocycles. The molecule has 3 fully saturated rings. The number of carbonyl (C=O) groups is 1. The van der Waals surface area contributed by atoms with Crippen molar-refractivity contribution < 1.29 is 19.4 Å². The van der Waals surface area contributed by atoms with Crippen LogP contribution in [0, 0.1) is 17.8 Å². The summed E-state index contributed by atoms with van der Waals surface area (Å²) in [6.45, 7) is 1.46. The normalized spacial score (nSPS) is 40.3. The Balaban J connectivity index is 1.67. The summed E-state index contributed by atoms with van der Waals surface area (Å²) in [6.07, 6.45) is 4.08. The van der Waals surface area contributed by atoms with E-state index in [1.807, 2.05) is 18.2 Å². The summed E-state index contributed by atoms with van der Waals surface area (Å²) in [5.74, 6) is 1.08. The first-order chi connectivity index (χ1) is 13.1. The predicted octanol–water partition coefficient (Wildman–Crippen LogP) is 2.50. The Morgan fingerprint density at radius 1 is 1.11 bits per heavy atom. The SMILES string of the molecule is COC1=C(OC)[C@]2(O)[C@H]3CCC[C@H]3[C@H]3CCN(Cc4ccccc4)[C@]32C1=O. The van der Waals surface area contributed by atoms with Gasteiger partial charge in [-0.3, -0.25) is 9.69 Å². The van der Waals surface area contributed by atoms with E-state index in [4.69, 9.17) is 9.47 Å². The Morgan fingerprint density at radius 2 is 1.89 bits per heavy atom. The van der Waals surface area contributed by atoms with Crippen molar-refractivity contribution in [2.24, 2.45) is 17.8 Å². The van der Waals surface area contributed by atoms with Crippen LogP contribution in [0.4, 0.5) is 0 Å². The fourth-order valence-corrected chi connectivity index (χ4v) is 6.95. The second-order valence-electron chi connectivity index (χ2n) is 8.43. The molecule has 1 heterocycles. The van der Waals surface area contributed by atoms with Crippen molar-refractivity contribution >= 4 is 5.78 Å². The molecule has 0 amide bonds. The molecule has 2 saturated carbocycles. The lowest BCUT2D eigenvalue weighted by atomic mass is 9.74. The molecule has 144 valence electrons. The molecule has 4 aliphatic rings. The number of fused-ring (bicyclic) bond motifs is 3. The largest absolute Gasteiger partial charge is 0.494 e. The number of hydrogen-bond acceptors (Lipinski definition) is 5. The number of aliphatic hydroxyl groups is 1. The van der Waals surface area contributed by atoms with Gasteiger partial charge in [0.05, 0.1) is 14.2 Å². The summed E-state index contributed by atoms with van der Waals surface area (Å²) in [4.78, 5) is 16.0. The maximum Gasteiger partial charge on any atom is 0.224 e. The molecular formula is C22H27NO4. The van der Waals surface area contributed by atoms with Gasteiger partial charge in [-0.1, -0.05) is 36.8 Å². The van der Waals surface area contributed by atoms with E-state index in [0.717, 1.165) is 37.8 Å². The van der Waals surface area contributed by atoms with Gasteiger partial charge in [0.15, 0.2) is 11.4 Å². The minimum Gasteiger partial charge on any atom is -0.494 e. The summed E-state index contributed by atoms with van der Waals surface area (Å²) in [7, 11) is 3.05. The molecule has 5 rings (SSSR count). The highest BCUT2D eigenvalue weighted by molar-refractivity contribution is 6.07. The molecule has 0 bridgehead atoms. The van der Waals surface area contributed by atoms with Gasteiger partial charge in [-0.25, -0.2) is 0 Å². The molecule has 1 aromatic rings. The van der Waals surface area contributed by atoms with E-state index in [1.165, 1.54) is 7.11 Å². The highest BCUT2D eigenvalue weighted by atomic mass is 16.5. The molecule has 0 unspecified atom stereocenters. The Morgan fingerprint density at radius 3 is 2.59 bits per heavy atom. The average molecular weight is 369 g/mol. The zero-order chi connectivity index (χ0) is 18.8. The van der Waals surface area contributed by atoms with Crippen molar-refractivity contribution in [3.05, 3.63) is 47.4 Å². The van der Waals surface area contributed by atoms with Crippen molar-refractivity contribution in [3.63, 3.8) is 0 Å². The zero-order valence-corrected chi connectivity index (χ0v) is 16.0. The van der Waals surface area contributed by atoms with E-state index < -0.39 is 11.1 Å². The first kappa shape index (κ1) is 17.3. The highest BCUT2D eigenvalue weighted by Crippen LogP contribution is 2.69. The number of benzene rings is 1. The van der Waals surface area contributed by atoms with Crippen molar-refractivity contribution in [1.29, 1.82) is 0 Å². The monoisotopic (exact) mass is 369 g/mol. The Bertz CT molecular complexity index is 806. The van der Waals surface area contributed by atoms with E-state index in [-0.39, 0.29) is 23.4 Å². The molecule has 1 aromatic carbocycles. The molecule has 1 N–H and O–H groups in total. The number of nitrogens with zero attached hydrogens (tertiary/aromatic N) is 1. The standard InChI is InChI=1S/C22H27NO4/c1-26-18-19(24)21-16(11-12-23(21)13-14-7-4-3-5-8-14)15-9-6-10-17(15)22(21,25)20(18)27-2/h3-5,7-8,15-17,25H,6,9-13H2,1-2H3/t15-,16+,17-,21-,22+/m0/s1. The molecule has 27 heavy (non-hydrogen) atoms. The highest BCUT2D eigenvalue weighted by Gasteiger charge is 2.82. The number of ether oxygens (including phenoxy) is 2. The number of methoxy groups -OCH3 is 2. The first-order valence-electron chi connectivity index (χ1n) is 9.99. The minimum atomic E-state index is -1.29. The van der Waals surface area contributed by atoms with Crippen LogP contribution < -0.4 is 0 Å². The van der Waals surface area contributed by atoms with E-state index in [1.54, 1.807) is 7.11 Å². The molecule has 1 saturated heterocycles. The van der Waals surface area contributed by atoms with Gasteiger partial charge in [-0.2, -0.15) is 0 Å². The van der Waals surface area contributed by atoms with Gasteiger partial charge in [0.2, 0.25) is 11.5 Å². The topological polar surface area (TPSA) is 59.0 Å². The molecule has 5 atom stereocenters. The van der Waals surface area contributed by atoms with Gasteiger partial charge in [-0.05, 0) is 43.2 Å². The van der Waals surface area contributed by atoms with Crippen LogP contribution in [0.25, 0.3) is 0 Å². The maximum atomic E-state index is 13.8. The van der Waals surface area contributed by atoms with E-state index in [2.05, 4.69) is 17.0 Å². The second-order valence-corrected chi connectivity index (χ2v) is 8.43. The third kappa shape index (κ3) is 1.84. The number of likely N-dealkylation sites (tertiary alicyclic amines) is 1. The predicted molar refractivity (Wildman–Crippen MR) is 99.5 cm³/mol. The zero-order valence-electron chi connectivity index (χ0n) is 16.0. The van der Waals surface area contributed by atoms with Crippen LogP contribution in [0.15, 0.2) is 41.9 Å². The third-order valence-corrected chi connectivity index (χ3v) is 7.68. The molecule has 3 aliphatic carbocycles. The number of carbonyl (C=O) groups excluding carboxylic acids is 1. The Hall–Kier alpha value is -1.85. The van der Waals surface area contributed by atoms with E-state index in [0.29, 0.717) is 18.2 Å². The lowest BCUT2D eigenvalue weighted by molar-refractivity contribution is -0.145. The number of ketones is 1. The summed E-state index contributed by atoms with van der Waals surface area (Å²) >= 11 is 0. The maximum absolute atomic E-state index is 13.8. The molecule has 1 aliphatic heterocycles. The van der Waals surface area contributed by atoms with Gasteiger partial charge >= 0.3 is 0 Å². The summed E-state index contributed by atoms with van der Waals surface area (Å²) in [6, 6.07) is 10.2. The van der Waals surface area contributed by atoms with Crippen molar-refractivity contribution in [2.75, 3.05) is 20.8 Å². The van der Waals surface area contributed by atoms with Crippen LogP contribution in [0.3, 0.4) is 0 Å². The Kier molecular flexibility index (Phi) is 3.72. The van der Waals surface area contributed by atoms with Crippen LogP contribution >= 0.6 is 0 Å². The lowest BCUT2D eigenvalue weighted by Gasteiger charge is -2.44. The fraction of sp³-hybridized carbons (Fsp3) is 0.591. The molecule has 5 nitrogen and oxygen atoms in total. The lowest BCUT2D eigenvalue weighted by Crippen LogP contribution is -2.64. The van der Waals surface area contributed by atoms with Crippen molar-refractivity contribution in [1.82, 2.24) is 4.90 Å². The molecule has 1 spiro atoms. The van der Waals surface area contributed by atoms with Gasteiger partial charge in [-0.15, -0.1) is 0 Å². The van der Waals surface area contributed by atoms with Crippen molar-refractivity contribution in [2.45, 2.75) is 43.4 Å².